The molecule has 0 radical (unpaired) electrons. The molecule has 0 unspecified atom stereocenters. The summed E-state index contributed by atoms with van der Waals surface area (Å²) in [5, 5.41) is 2.66. The largest absolute Gasteiger partial charge is 0.337 e. The Labute approximate surface area is 162 Å². The average Bonchev–Trinajstić information content (AvgIpc) is 2.67. The van der Waals surface area contributed by atoms with Crippen LogP contribution >= 0.6 is 0 Å². The van der Waals surface area contributed by atoms with E-state index in [9.17, 15) is 18.4 Å². The van der Waals surface area contributed by atoms with Gasteiger partial charge >= 0.3 is 0 Å². The first-order valence-electron chi connectivity index (χ1n) is 9.00. The zero-order valence-corrected chi connectivity index (χ0v) is 15.3. The lowest BCUT2D eigenvalue weighted by Crippen LogP contribution is -2.50. The number of piperazine rings is 1. The van der Waals surface area contributed by atoms with Gasteiger partial charge < -0.3 is 10.2 Å². The summed E-state index contributed by atoms with van der Waals surface area (Å²) in [6, 6.07) is 11.8. The quantitative estimate of drug-likeness (QED) is 0.806. The van der Waals surface area contributed by atoms with Crippen LogP contribution in [-0.2, 0) is 9.59 Å². The number of benzene rings is 2. The Morgan fingerprint density at radius 1 is 0.964 bits per heavy atom. The van der Waals surface area contributed by atoms with E-state index in [4.69, 9.17) is 0 Å². The third-order valence-corrected chi connectivity index (χ3v) is 4.43. The van der Waals surface area contributed by atoms with E-state index in [2.05, 4.69) is 5.32 Å². The van der Waals surface area contributed by atoms with Crippen molar-refractivity contribution in [1.82, 2.24) is 9.80 Å². The Bertz CT molecular complexity index is 877. The van der Waals surface area contributed by atoms with Gasteiger partial charge in [0, 0.05) is 37.9 Å². The van der Waals surface area contributed by atoms with E-state index in [0.29, 0.717) is 37.4 Å². The van der Waals surface area contributed by atoms with Crippen LogP contribution in [0.5, 0.6) is 0 Å². The number of rotatable bonds is 5. The Kier molecular flexibility index (Phi) is 6.49. The maximum absolute atomic E-state index is 13.2. The summed E-state index contributed by atoms with van der Waals surface area (Å²) < 4.78 is 26.3. The number of nitrogens with one attached hydrogen (secondary N) is 1. The molecule has 28 heavy (non-hydrogen) atoms. The molecule has 2 aromatic carbocycles. The Balaban J connectivity index is 1.44. The number of halogens is 2. The van der Waals surface area contributed by atoms with Crippen molar-refractivity contribution in [3.8, 4) is 0 Å². The van der Waals surface area contributed by atoms with Crippen LogP contribution in [0.25, 0.3) is 6.08 Å². The minimum absolute atomic E-state index is 0.145. The van der Waals surface area contributed by atoms with Crippen molar-refractivity contribution < 1.29 is 18.4 Å². The summed E-state index contributed by atoms with van der Waals surface area (Å²) in [4.78, 5) is 28.0. The van der Waals surface area contributed by atoms with Gasteiger partial charge in [-0.1, -0.05) is 18.2 Å². The Morgan fingerprint density at radius 2 is 1.64 bits per heavy atom. The van der Waals surface area contributed by atoms with Crippen molar-refractivity contribution in [3.05, 3.63) is 71.8 Å². The van der Waals surface area contributed by atoms with Gasteiger partial charge in [0.1, 0.15) is 11.6 Å². The van der Waals surface area contributed by atoms with E-state index < -0.39 is 5.82 Å². The first kappa shape index (κ1) is 19.7. The first-order valence-corrected chi connectivity index (χ1v) is 9.00. The van der Waals surface area contributed by atoms with Crippen molar-refractivity contribution >= 4 is 23.6 Å². The third kappa shape index (κ3) is 5.72. The lowest BCUT2D eigenvalue weighted by molar-refractivity contribution is -0.127. The molecule has 1 fully saturated rings. The second-order valence-corrected chi connectivity index (χ2v) is 6.55. The van der Waals surface area contributed by atoms with Crippen LogP contribution in [0, 0.1) is 11.6 Å². The zero-order chi connectivity index (χ0) is 19.9. The van der Waals surface area contributed by atoms with E-state index in [0.717, 1.165) is 0 Å². The van der Waals surface area contributed by atoms with Gasteiger partial charge in [-0.05, 0) is 42.0 Å². The molecule has 1 aliphatic rings. The molecule has 3 rings (SSSR count). The van der Waals surface area contributed by atoms with Gasteiger partial charge in [-0.25, -0.2) is 8.78 Å². The summed E-state index contributed by atoms with van der Waals surface area (Å²) in [6.45, 7) is 2.31. The molecule has 1 saturated heterocycles. The van der Waals surface area contributed by atoms with Crippen molar-refractivity contribution in [2.24, 2.45) is 0 Å². The molecule has 2 amide bonds. The van der Waals surface area contributed by atoms with E-state index in [1.807, 2.05) is 4.90 Å². The molecule has 5 nitrogen and oxygen atoms in total. The number of anilines is 1. The molecule has 0 aromatic heterocycles. The smallest absolute Gasteiger partial charge is 0.246 e. The summed E-state index contributed by atoms with van der Waals surface area (Å²) in [6.07, 6.45) is 3.02. The highest BCUT2D eigenvalue weighted by atomic mass is 19.1. The normalized spacial score (nSPS) is 15.0. The van der Waals surface area contributed by atoms with Crippen LogP contribution in [0.2, 0.25) is 0 Å². The highest BCUT2D eigenvalue weighted by molar-refractivity contribution is 5.93. The van der Waals surface area contributed by atoms with Crippen LogP contribution in [0.15, 0.2) is 54.6 Å². The summed E-state index contributed by atoms with van der Waals surface area (Å²) >= 11 is 0. The maximum atomic E-state index is 13.2. The van der Waals surface area contributed by atoms with Crippen molar-refractivity contribution in [2.45, 2.75) is 0 Å². The van der Waals surface area contributed by atoms with Gasteiger partial charge in [-0.3, -0.25) is 14.5 Å². The number of hydrogen-bond donors (Lipinski definition) is 1. The molecule has 0 bridgehead atoms. The first-order chi connectivity index (χ1) is 13.5. The van der Waals surface area contributed by atoms with Gasteiger partial charge in [0.05, 0.1) is 6.54 Å². The number of carbonyl (C=O) groups excluding carboxylic acids is 2. The Hall–Kier alpha value is -3.06. The van der Waals surface area contributed by atoms with Gasteiger partial charge in [-0.15, -0.1) is 0 Å². The molecule has 1 aliphatic heterocycles. The fourth-order valence-corrected chi connectivity index (χ4v) is 2.98. The van der Waals surface area contributed by atoms with Crippen molar-refractivity contribution in [2.75, 3.05) is 38.0 Å². The highest BCUT2D eigenvalue weighted by Gasteiger charge is 2.21. The van der Waals surface area contributed by atoms with Crippen LogP contribution < -0.4 is 5.32 Å². The number of carbonyl (C=O) groups is 2. The number of hydrogen-bond acceptors (Lipinski definition) is 3. The van der Waals surface area contributed by atoms with Crippen LogP contribution in [0.1, 0.15) is 5.56 Å². The fourth-order valence-electron chi connectivity index (χ4n) is 2.98. The van der Waals surface area contributed by atoms with Gasteiger partial charge in [0.25, 0.3) is 0 Å². The summed E-state index contributed by atoms with van der Waals surface area (Å²) in [5.41, 5.74) is 1.04. The molecule has 1 heterocycles. The number of amides is 2. The molecule has 0 atom stereocenters. The van der Waals surface area contributed by atoms with E-state index in [1.54, 1.807) is 29.2 Å². The van der Waals surface area contributed by atoms with Crippen LogP contribution in [0.3, 0.4) is 0 Å². The topological polar surface area (TPSA) is 52.7 Å². The molecule has 1 N–H and O–H groups in total. The second-order valence-electron chi connectivity index (χ2n) is 6.55. The van der Waals surface area contributed by atoms with Gasteiger partial charge in [0.2, 0.25) is 11.8 Å². The second kappa shape index (κ2) is 9.23. The zero-order valence-electron chi connectivity index (χ0n) is 15.3. The van der Waals surface area contributed by atoms with Crippen LogP contribution in [0.4, 0.5) is 14.5 Å². The highest BCUT2D eigenvalue weighted by Crippen LogP contribution is 2.10. The predicted octanol–water partition coefficient (Wildman–Crippen LogP) is 2.76. The molecule has 146 valence electrons. The number of nitrogens with zero attached hydrogens (tertiary/aromatic N) is 2. The van der Waals surface area contributed by atoms with Gasteiger partial charge in [0.15, 0.2) is 0 Å². The fraction of sp³-hybridized carbons (Fsp3) is 0.238. The van der Waals surface area contributed by atoms with E-state index in [-0.39, 0.29) is 24.2 Å². The average molecular weight is 385 g/mol. The minimum Gasteiger partial charge on any atom is -0.337 e. The lowest BCUT2D eigenvalue weighted by Gasteiger charge is -2.33. The van der Waals surface area contributed by atoms with E-state index in [1.165, 1.54) is 36.4 Å². The lowest BCUT2D eigenvalue weighted by atomic mass is 10.2. The standard InChI is InChI=1S/C21H21F2N3O2/c22-17-4-1-3-16(13-17)7-8-21(28)26-11-9-25(10-12-26)15-20(27)24-19-6-2-5-18(23)14-19/h1-8,13-14H,9-12,15H2,(H,24,27). The molecule has 7 heteroatoms. The molecule has 0 saturated carbocycles. The molecular formula is C21H21F2N3O2. The Morgan fingerprint density at radius 3 is 2.32 bits per heavy atom. The maximum Gasteiger partial charge on any atom is 0.246 e. The molecule has 0 aliphatic carbocycles. The summed E-state index contributed by atoms with van der Waals surface area (Å²) in [7, 11) is 0. The van der Waals surface area contributed by atoms with Crippen molar-refractivity contribution in [3.63, 3.8) is 0 Å². The van der Waals surface area contributed by atoms with Gasteiger partial charge in [-0.2, -0.15) is 0 Å². The SMILES string of the molecule is O=C(CN1CCN(C(=O)C=Cc2cccc(F)c2)CC1)Nc1cccc(F)c1. The minimum atomic E-state index is -0.406. The molecular weight excluding hydrogens is 364 g/mol. The third-order valence-electron chi connectivity index (χ3n) is 4.43. The van der Waals surface area contributed by atoms with Crippen LogP contribution in [-0.4, -0.2) is 54.3 Å². The summed E-state index contributed by atoms with van der Waals surface area (Å²) in [5.74, 6) is -1.12. The van der Waals surface area contributed by atoms with E-state index >= 15 is 0 Å². The molecule has 0 spiro atoms. The van der Waals surface area contributed by atoms with Crippen molar-refractivity contribution in [1.29, 1.82) is 0 Å². The molecule has 2 aromatic rings. The monoisotopic (exact) mass is 385 g/mol. The predicted molar refractivity (Wildman–Crippen MR) is 103 cm³/mol.